The lowest BCUT2D eigenvalue weighted by Gasteiger charge is -2.57. The normalized spacial score (nSPS) is 39.3. The van der Waals surface area contributed by atoms with Gasteiger partial charge in [0.15, 0.2) is 0 Å². The fourth-order valence-corrected chi connectivity index (χ4v) is 5.92. The van der Waals surface area contributed by atoms with Gasteiger partial charge in [0.2, 0.25) is 0 Å². The molecule has 0 amide bonds. The van der Waals surface area contributed by atoms with E-state index >= 15 is 0 Å². The van der Waals surface area contributed by atoms with Crippen molar-refractivity contribution < 1.29 is 28.6 Å². The van der Waals surface area contributed by atoms with Crippen molar-refractivity contribution in [1.82, 2.24) is 0 Å². The minimum absolute atomic E-state index is 0.0589. The smallest absolute Gasteiger partial charge is 0.334 e. The predicted molar refractivity (Wildman–Crippen MR) is 99.9 cm³/mol. The zero-order valence-electron chi connectivity index (χ0n) is 16.8. The Bertz CT molecular complexity index is 780. The molecule has 1 spiro atoms. The number of ether oxygens (including phenoxy) is 3. The Morgan fingerprint density at radius 2 is 2.11 bits per heavy atom. The van der Waals surface area contributed by atoms with Crippen LogP contribution in [0.15, 0.2) is 23.3 Å². The zero-order valence-corrected chi connectivity index (χ0v) is 16.8. The summed E-state index contributed by atoms with van der Waals surface area (Å²) in [6.45, 7) is 6.76. The zero-order chi connectivity index (χ0) is 20.1. The van der Waals surface area contributed by atoms with Crippen LogP contribution in [0.1, 0.15) is 52.9 Å². The summed E-state index contributed by atoms with van der Waals surface area (Å²) in [7, 11) is 0. The molecule has 0 bridgehead atoms. The Morgan fingerprint density at radius 1 is 1.32 bits per heavy atom. The molecular weight excluding hydrogens is 360 g/mol. The van der Waals surface area contributed by atoms with E-state index in [0.29, 0.717) is 31.1 Å². The molecule has 2 aliphatic carbocycles. The molecule has 0 aromatic heterocycles. The summed E-state index contributed by atoms with van der Waals surface area (Å²) in [5, 5.41) is 0. The molecule has 4 rings (SSSR count). The largest absolute Gasteiger partial charge is 0.461 e. The number of esters is 3. The highest BCUT2D eigenvalue weighted by Gasteiger charge is 2.62. The van der Waals surface area contributed by atoms with Gasteiger partial charge < -0.3 is 14.2 Å². The summed E-state index contributed by atoms with van der Waals surface area (Å²) >= 11 is 0. The van der Waals surface area contributed by atoms with Crippen LogP contribution in [0.2, 0.25) is 0 Å². The molecule has 0 aromatic carbocycles. The second kappa shape index (κ2) is 6.75. The first-order valence-electron chi connectivity index (χ1n) is 10.2. The van der Waals surface area contributed by atoms with Gasteiger partial charge in [0, 0.05) is 24.0 Å². The number of cyclic esters (lactones) is 2. The van der Waals surface area contributed by atoms with Crippen molar-refractivity contribution in [3.05, 3.63) is 23.3 Å². The van der Waals surface area contributed by atoms with Gasteiger partial charge in [-0.05, 0) is 61.0 Å². The molecule has 1 saturated carbocycles. The SMILES string of the molecule is CC(=O)O[C@@H]1C=C2C(=O)OC[C@]23CC[C@@H](C)[C@](C)(CCC2=CC(=O)OC2)[C@H]3C1. The molecule has 0 N–H and O–H groups in total. The molecule has 2 aliphatic heterocycles. The highest BCUT2D eigenvalue weighted by Crippen LogP contribution is 2.64. The fraction of sp³-hybridized carbons (Fsp3) is 0.682. The van der Waals surface area contributed by atoms with Crippen LogP contribution in [0.25, 0.3) is 0 Å². The van der Waals surface area contributed by atoms with Crippen molar-refractivity contribution in [2.24, 2.45) is 22.7 Å². The third kappa shape index (κ3) is 2.97. The molecule has 2 heterocycles. The third-order valence-corrected chi connectivity index (χ3v) is 7.67. The van der Waals surface area contributed by atoms with E-state index in [1.807, 2.05) is 6.08 Å². The van der Waals surface area contributed by atoms with Crippen molar-refractivity contribution in [3.8, 4) is 0 Å². The van der Waals surface area contributed by atoms with Crippen LogP contribution in [0.3, 0.4) is 0 Å². The monoisotopic (exact) mass is 388 g/mol. The first-order valence-corrected chi connectivity index (χ1v) is 10.2. The van der Waals surface area contributed by atoms with E-state index in [2.05, 4.69) is 13.8 Å². The van der Waals surface area contributed by atoms with E-state index in [9.17, 15) is 14.4 Å². The van der Waals surface area contributed by atoms with Crippen LogP contribution in [0.5, 0.6) is 0 Å². The molecule has 4 aliphatic rings. The summed E-state index contributed by atoms with van der Waals surface area (Å²) in [5.74, 6) is -0.233. The van der Waals surface area contributed by atoms with Crippen LogP contribution in [0, 0.1) is 22.7 Å². The highest BCUT2D eigenvalue weighted by atomic mass is 16.5. The lowest BCUT2D eigenvalue weighted by Crippen LogP contribution is -2.53. The van der Waals surface area contributed by atoms with E-state index in [4.69, 9.17) is 14.2 Å². The maximum Gasteiger partial charge on any atom is 0.334 e. The van der Waals surface area contributed by atoms with Gasteiger partial charge in [0.1, 0.15) is 19.3 Å². The molecule has 2 fully saturated rings. The van der Waals surface area contributed by atoms with Crippen molar-refractivity contribution in [2.45, 2.75) is 59.0 Å². The van der Waals surface area contributed by atoms with Gasteiger partial charge in [-0.25, -0.2) is 9.59 Å². The molecule has 0 aromatic rings. The molecular formula is C22H28O6. The van der Waals surface area contributed by atoms with Crippen LogP contribution in [-0.2, 0) is 28.6 Å². The third-order valence-electron chi connectivity index (χ3n) is 7.67. The summed E-state index contributed by atoms with van der Waals surface area (Å²) < 4.78 is 16.1. The van der Waals surface area contributed by atoms with E-state index in [1.54, 1.807) is 6.08 Å². The first-order chi connectivity index (χ1) is 13.2. The van der Waals surface area contributed by atoms with Gasteiger partial charge in [-0.1, -0.05) is 13.8 Å². The summed E-state index contributed by atoms with van der Waals surface area (Å²) in [6.07, 6.45) is 7.38. The number of carbonyl (C=O) groups is 3. The van der Waals surface area contributed by atoms with Crippen LogP contribution < -0.4 is 0 Å². The number of hydrogen-bond acceptors (Lipinski definition) is 6. The first kappa shape index (κ1) is 19.2. The Kier molecular flexibility index (Phi) is 4.63. The van der Waals surface area contributed by atoms with Gasteiger partial charge in [-0.3, -0.25) is 4.79 Å². The maximum atomic E-state index is 12.5. The van der Waals surface area contributed by atoms with Crippen molar-refractivity contribution >= 4 is 17.9 Å². The van der Waals surface area contributed by atoms with Crippen LogP contribution in [0.4, 0.5) is 0 Å². The topological polar surface area (TPSA) is 78.9 Å². The number of carbonyl (C=O) groups excluding carboxylic acids is 3. The van der Waals surface area contributed by atoms with Gasteiger partial charge >= 0.3 is 17.9 Å². The Labute approximate surface area is 165 Å². The number of rotatable bonds is 4. The number of hydrogen-bond donors (Lipinski definition) is 0. The molecule has 5 atom stereocenters. The van der Waals surface area contributed by atoms with Gasteiger partial charge in [-0.2, -0.15) is 0 Å². The molecule has 6 heteroatoms. The quantitative estimate of drug-likeness (QED) is 0.544. The molecule has 6 nitrogen and oxygen atoms in total. The average molecular weight is 388 g/mol. The van der Waals surface area contributed by atoms with Crippen LogP contribution in [-0.4, -0.2) is 37.2 Å². The van der Waals surface area contributed by atoms with Crippen LogP contribution >= 0.6 is 0 Å². The lowest BCUT2D eigenvalue weighted by atomic mass is 9.46. The van der Waals surface area contributed by atoms with Crippen molar-refractivity contribution in [2.75, 3.05) is 13.2 Å². The Balaban J connectivity index is 1.66. The molecule has 0 radical (unpaired) electrons. The standard InChI is InChI=1S/C22H28O6/c1-13-4-7-22-12-27-20(25)17(22)9-16(28-14(2)23)10-18(22)21(13,3)6-5-15-8-19(24)26-11-15/h8-9,13,16,18H,4-7,10-12H2,1-3H3/t13-,16-,18-,21+,22-/m1/s1. The molecule has 28 heavy (non-hydrogen) atoms. The minimum Gasteiger partial charge on any atom is -0.461 e. The van der Waals surface area contributed by atoms with Gasteiger partial charge in [0.05, 0.1) is 0 Å². The summed E-state index contributed by atoms with van der Waals surface area (Å²) in [4.78, 5) is 35.5. The van der Waals surface area contributed by atoms with Gasteiger partial charge in [0.25, 0.3) is 0 Å². The lowest BCUT2D eigenvalue weighted by molar-refractivity contribution is -0.149. The summed E-state index contributed by atoms with van der Waals surface area (Å²) in [5.41, 5.74) is 1.38. The second-order valence-corrected chi connectivity index (χ2v) is 9.10. The van der Waals surface area contributed by atoms with Crippen molar-refractivity contribution in [1.29, 1.82) is 0 Å². The van der Waals surface area contributed by atoms with E-state index in [-0.39, 0.29) is 34.7 Å². The average Bonchev–Trinajstić information content (AvgIpc) is 3.20. The molecule has 1 saturated heterocycles. The van der Waals surface area contributed by atoms with E-state index < -0.39 is 6.10 Å². The Morgan fingerprint density at radius 3 is 2.79 bits per heavy atom. The predicted octanol–water partition coefficient (Wildman–Crippen LogP) is 3.11. The maximum absolute atomic E-state index is 12.5. The summed E-state index contributed by atoms with van der Waals surface area (Å²) in [6, 6.07) is 0. The molecule has 0 unspecified atom stereocenters. The van der Waals surface area contributed by atoms with Gasteiger partial charge in [-0.15, -0.1) is 0 Å². The fourth-order valence-electron chi connectivity index (χ4n) is 5.92. The Hall–Kier alpha value is -2.11. The second-order valence-electron chi connectivity index (χ2n) is 9.10. The minimum atomic E-state index is -0.392. The highest BCUT2D eigenvalue weighted by molar-refractivity contribution is 5.93. The van der Waals surface area contributed by atoms with E-state index in [0.717, 1.165) is 31.3 Å². The van der Waals surface area contributed by atoms with Crippen molar-refractivity contribution in [3.63, 3.8) is 0 Å². The molecule has 152 valence electrons. The van der Waals surface area contributed by atoms with E-state index in [1.165, 1.54) is 6.92 Å².